The molecule has 8 nitrogen and oxygen atoms in total. The number of hydrogen-bond acceptors (Lipinski definition) is 5. The van der Waals surface area contributed by atoms with E-state index in [-0.39, 0.29) is 5.92 Å². The number of aliphatic carboxylic acids is 1. The Kier molecular flexibility index (Phi) is 4.79. The molecule has 118 valence electrons. The molecule has 1 saturated heterocycles. The number of amides is 2. The summed E-state index contributed by atoms with van der Waals surface area (Å²) in [5.74, 6) is -1.97. The van der Waals surface area contributed by atoms with Crippen molar-refractivity contribution in [3.8, 4) is 0 Å². The summed E-state index contributed by atoms with van der Waals surface area (Å²) >= 11 is 0. The van der Waals surface area contributed by atoms with Gasteiger partial charge in [-0.25, -0.2) is 5.43 Å². The van der Waals surface area contributed by atoms with Gasteiger partial charge >= 0.3 is 5.97 Å². The van der Waals surface area contributed by atoms with Crippen molar-refractivity contribution in [2.45, 2.75) is 50.8 Å². The van der Waals surface area contributed by atoms with Gasteiger partial charge in [-0.2, -0.15) is 0 Å². The number of carboxylic acid groups (broad SMARTS) is 1. The Morgan fingerprint density at radius 2 is 1.95 bits per heavy atom. The number of nitrogens with zero attached hydrogens (tertiary/aromatic N) is 1. The quantitative estimate of drug-likeness (QED) is 0.508. The second kappa shape index (κ2) is 6.40. The molecule has 0 aromatic heterocycles. The summed E-state index contributed by atoms with van der Waals surface area (Å²) in [5.41, 5.74) is 2.64. The van der Waals surface area contributed by atoms with E-state index in [0.717, 1.165) is 12.8 Å². The van der Waals surface area contributed by atoms with E-state index in [0.29, 0.717) is 19.4 Å². The standard InChI is InChI=1S/C13H21N3O5/c1-7(14-11(18)10(17)8-4-5-8)12(19)16-6-2-3-9(15-16)13(20)21/h7-10,15,17H,2-6H2,1H3,(H,14,18)(H,20,21). The fourth-order valence-electron chi connectivity index (χ4n) is 2.34. The van der Waals surface area contributed by atoms with Gasteiger partial charge in [-0.3, -0.25) is 19.4 Å². The smallest absolute Gasteiger partial charge is 0.322 e. The number of carboxylic acids is 1. The second-order valence-electron chi connectivity index (χ2n) is 5.66. The molecule has 1 heterocycles. The normalized spacial score (nSPS) is 25.0. The Labute approximate surface area is 122 Å². The summed E-state index contributed by atoms with van der Waals surface area (Å²) in [5, 5.41) is 22.3. The van der Waals surface area contributed by atoms with Crippen molar-refractivity contribution in [2.24, 2.45) is 5.92 Å². The van der Waals surface area contributed by atoms with Crippen LogP contribution in [0.3, 0.4) is 0 Å². The molecule has 8 heteroatoms. The first-order valence-electron chi connectivity index (χ1n) is 7.19. The molecule has 0 bridgehead atoms. The summed E-state index contributed by atoms with van der Waals surface area (Å²) in [6, 6.07) is -1.60. The topological polar surface area (TPSA) is 119 Å². The monoisotopic (exact) mass is 299 g/mol. The minimum atomic E-state index is -1.07. The maximum absolute atomic E-state index is 12.2. The lowest BCUT2D eigenvalue weighted by molar-refractivity contribution is -0.149. The minimum Gasteiger partial charge on any atom is -0.480 e. The molecule has 2 fully saturated rings. The van der Waals surface area contributed by atoms with Gasteiger partial charge in [-0.1, -0.05) is 0 Å². The van der Waals surface area contributed by atoms with E-state index in [1.165, 1.54) is 11.9 Å². The molecule has 1 saturated carbocycles. The van der Waals surface area contributed by atoms with Gasteiger partial charge in [0.2, 0.25) is 5.91 Å². The molecule has 3 unspecified atom stereocenters. The maximum Gasteiger partial charge on any atom is 0.322 e. The molecule has 2 rings (SSSR count). The molecule has 0 aromatic carbocycles. The Morgan fingerprint density at radius 3 is 2.52 bits per heavy atom. The van der Waals surface area contributed by atoms with Crippen LogP contribution in [0, 0.1) is 5.92 Å². The first-order chi connectivity index (χ1) is 9.90. The van der Waals surface area contributed by atoms with E-state index >= 15 is 0 Å². The largest absolute Gasteiger partial charge is 0.480 e. The van der Waals surface area contributed by atoms with Crippen LogP contribution in [0.2, 0.25) is 0 Å². The fraction of sp³-hybridized carbons (Fsp3) is 0.769. The number of carbonyl (C=O) groups is 3. The molecule has 0 radical (unpaired) electrons. The third-order valence-corrected chi connectivity index (χ3v) is 3.82. The predicted octanol–water partition coefficient (Wildman–Crippen LogP) is -1.16. The predicted molar refractivity (Wildman–Crippen MR) is 71.8 cm³/mol. The van der Waals surface area contributed by atoms with Crippen LogP contribution in [0.1, 0.15) is 32.6 Å². The van der Waals surface area contributed by atoms with Crippen LogP contribution in [-0.4, -0.2) is 57.7 Å². The first-order valence-corrected chi connectivity index (χ1v) is 7.19. The van der Waals surface area contributed by atoms with Crippen LogP contribution in [0.25, 0.3) is 0 Å². The number of hydrazine groups is 1. The number of nitrogens with one attached hydrogen (secondary N) is 2. The Balaban J connectivity index is 1.86. The van der Waals surface area contributed by atoms with Crippen molar-refractivity contribution in [1.29, 1.82) is 0 Å². The third-order valence-electron chi connectivity index (χ3n) is 3.82. The number of hydrogen-bond donors (Lipinski definition) is 4. The molecule has 3 atom stereocenters. The second-order valence-corrected chi connectivity index (χ2v) is 5.66. The van der Waals surface area contributed by atoms with Crippen molar-refractivity contribution in [1.82, 2.24) is 15.8 Å². The summed E-state index contributed by atoms with van der Waals surface area (Å²) in [6.45, 7) is 1.92. The van der Waals surface area contributed by atoms with Gasteiger partial charge in [-0.05, 0) is 38.5 Å². The van der Waals surface area contributed by atoms with Gasteiger partial charge in [0.15, 0.2) is 0 Å². The van der Waals surface area contributed by atoms with Crippen LogP contribution >= 0.6 is 0 Å². The van der Waals surface area contributed by atoms with Crippen molar-refractivity contribution >= 4 is 17.8 Å². The van der Waals surface area contributed by atoms with Crippen molar-refractivity contribution in [3.63, 3.8) is 0 Å². The summed E-state index contributed by atoms with van der Waals surface area (Å²) in [7, 11) is 0. The Hall–Kier alpha value is -1.67. The van der Waals surface area contributed by atoms with Crippen LogP contribution in [0.4, 0.5) is 0 Å². The van der Waals surface area contributed by atoms with E-state index in [9.17, 15) is 19.5 Å². The average Bonchev–Trinajstić information content (AvgIpc) is 3.30. The minimum absolute atomic E-state index is 0.00296. The third kappa shape index (κ3) is 3.92. The molecule has 21 heavy (non-hydrogen) atoms. The van der Waals surface area contributed by atoms with Gasteiger partial charge in [-0.15, -0.1) is 0 Å². The van der Waals surface area contributed by atoms with Gasteiger partial charge in [0.25, 0.3) is 5.91 Å². The highest BCUT2D eigenvalue weighted by Gasteiger charge is 2.36. The lowest BCUT2D eigenvalue weighted by atomic mass is 10.1. The van der Waals surface area contributed by atoms with Crippen LogP contribution in [0.5, 0.6) is 0 Å². The van der Waals surface area contributed by atoms with E-state index in [4.69, 9.17) is 5.11 Å². The van der Waals surface area contributed by atoms with Crippen molar-refractivity contribution in [3.05, 3.63) is 0 Å². The molecule has 0 aromatic rings. The van der Waals surface area contributed by atoms with Crippen LogP contribution in [-0.2, 0) is 14.4 Å². The lowest BCUT2D eigenvalue weighted by Gasteiger charge is -2.33. The van der Waals surface area contributed by atoms with Gasteiger partial charge in [0.05, 0.1) is 0 Å². The van der Waals surface area contributed by atoms with E-state index in [1.807, 2.05) is 0 Å². The maximum atomic E-state index is 12.2. The average molecular weight is 299 g/mol. The Bertz CT molecular complexity index is 438. The first kappa shape index (κ1) is 15.7. The molecule has 0 spiro atoms. The lowest BCUT2D eigenvalue weighted by Crippen LogP contribution is -2.59. The van der Waals surface area contributed by atoms with Crippen molar-refractivity contribution in [2.75, 3.05) is 6.54 Å². The highest BCUT2D eigenvalue weighted by atomic mass is 16.4. The van der Waals surface area contributed by atoms with E-state index in [2.05, 4.69) is 10.7 Å². The number of rotatable bonds is 5. The van der Waals surface area contributed by atoms with Gasteiger partial charge in [0.1, 0.15) is 18.2 Å². The van der Waals surface area contributed by atoms with Crippen molar-refractivity contribution < 1.29 is 24.6 Å². The molecule has 2 amide bonds. The highest BCUT2D eigenvalue weighted by molar-refractivity contribution is 5.89. The van der Waals surface area contributed by atoms with E-state index in [1.54, 1.807) is 0 Å². The van der Waals surface area contributed by atoms with Gasteiger partial charge < -0.3 is 15.5 Å². The molecular formula is C13H21N3O5. The SMILES string of the molecule is CC(NC(=O)C(O)C1CC1)C(=O)N1CCCC(C(=O)O)N1. The number of aliphatic hydroxyl groups excluding tert-OH is 1. The zero-order valence-electron chi connectivity index (χ0n) is 11.9. The summed E-state index contributed by atoms with van der Waals surface area (Å²) in [4.78, 5) is 34.9. The Morgan fingerprint density at radius 1 is 1.29 bits per heavy atom. The molecule has 4 N–H and O–H groups in total. The zero-order valence-corrected chi connectivity index (χ0v) is 11.9. The number of carbonyl (C=O) groups excluding carboxylic acids is 2. The van der Waals surface area contributed by atoms with Gasteiger partial charge in [0, 0.05) is 6.54 Å². The van der Waals surface area contributed by atoms with Crippen LogP contribution < -0.4 is 10.7 Å². The molecule has 1 aliphatic heterocycles. The highest BCUT2D eigenvalue weighted by Crippen LogP contribution is 2.32. The van der Waals surface area contributed by atoms with E-state index < -0.39 is 36.0 Å². The fourth-order valence-corrected chi connectivity index (χ4v) is 2.34. The molecular weight excluding hydrogens is 278 g/mol. The molecule has 2 aliphatic rings. The zero-order chi connectivity index (χ0) is 15.6. The molecule has 1 aliphatic carbocycles. The number of aliphatic hydroxyl groups is 1. The summed E-state index contributed by atoms with van der Waals surface area (Å²) in [6.07, 6.45) is 1.62. The summed E-state index contributed by atoms with van der Waals surface area (Å²) < 4.78 is 0. The van der Waals surface area contributed by atoms with Crippen LogP contribution in [0.15, 0.2) is 0 Å².